The Hall–Kier alpha value is -2.33. The van der Waals surface area contributed by atoms with Gasteiger partial charge in [0.15, 0.2) is 0 Å². The molecule has 0 saturated heterocycles. The van der Waals surface area contributed by atoms with Gasteiger partial charge in [-0.1, -0.05) is 49.7 Å². The zero-order valence-electron chi connectivity index (χ0n) is 13.0. The number of carbonyl (C=O) groups is 2. The van der Waals surface area contributed by atoms with Crippen LogP contribution in [0.1, 0.15) is 24.2 Å². The lowest BCUT2D eigenvalue weighted by Crippen LogP contribution is -2.47. The summed E-state index contributed by atoms with van der Waals surface area (Å²) in [6.07, 6.45) is 0. The molecule has 0 heterocycles. The summed E-state index contributed by atoms with van der Waals surface area (Å²) < 4.78 is 0. The van der Waals surface area contributed by atoms with Gasteiger partial charge in [0.05, 0.1) is 0 Å². The van der Waals surface area contributed by atoms with Crippen LogP contribution >= 0.6 is 11.6 Å². The first kappa shape index (κ1) is 17.0. The van der Waals surface area contributed by atoms with E-state index in [-0.39, 0.29) is 17.7 Å². The molecule has 2 amide bonds. The lowest BCUT2D eigenvalue weighted by molar-refractivity contribution is -0.118. The van der Waals surface area contributed by atoms with Crippen LogP contribution in [0, 0.1) is 5.92 Å². The van der Waals surface area contributed by atoms with E-state index in [1.165, 1.54) is 0 Å². The molecule has 0 aliphatic rings. The highest BCUT2D eigenvalue weighted by Gasteiger charge is 2.24. The Morgan fingerprint density at radius 3 is 2.30 bits per heavy atom. The van der Waals surface area contributed by atoms with Crippen molar-refractivity contribution in [2.75, 3.05) is 5.32 Å². The summed E-state index contributed by atoms with van der Waals surface area (Å²) in [5.41, 5.74) is 1.12. The molecule has 0 aliphatic carbocycles. The van der Waals surface area contributed by atoms with Crippen molar-refractivity contribution in [1.82, 2.24) is 5.32 Å². The van der Waals surface area contributed by atoms with Gasteiger partial charge in [-0.15, -0.1) is 0 Å². The van der Waals surface area contributed by atoms with Crippen LogP contribution in [0.2, 0.25) is 5.02 Å². The molecule has 5 heteroatoms. The maximum absolute atomic E-state index is 12.5. The Morgan fingerprint density at radius 2 is 1.70 bits per heavy atom. The molecule has 1 atom stereocenters. The molecule has 23 heavy (non-hydrogen) atoms. The number of halogens is 1. The van der Waals surface area contributed by atoms with E-state index in [0.29, 0.717) is 16.3 Å². The highest BCUT2D eigenvalue weighted by molar-refractivity contribution is 6.30. The largest absolute Gasteiger partial charge is 0.340 e. The Kier molecular flexibility index (Phi) is 5.77. The second kappa shape index (κ2) is 7.79. The molecule has 0 aromatic heterocycles. The smallest absolute Gasteiger partial charge is 0.251 e. The summed E-state index contributed by atoms with van der Waals surface area (Å²) in [6.45, 7) is 3.76. The third kappa shape index (κ3) is 4.83. The molecule has 0 radical (unpaired) electrons. The molecule has 1 unspecified atom stereocenters. The van der Waals surface area contributed by atoms with Crippen LogP contribution in [0.4, 0.5) is 5.69 Å². The van der Waals surface area contributed by atoms with Crippen molar-refractivity contribution in [1.29, 1.82) is 0 Å². The zero-order chi connectivity index (χ0) is 16.8. The van der Waals surface area contributed by atoms with Gasteiger partial charge in [0.25, 0.3) is 5.91 Å². The molecular formula is C18H19ClN2O2. The Labute approximate surface area is 140 Å². The normalized spacial score (nSPS) is 11.8. The van der Waals surface area contributed by atoms with Gasteiger partial charge in [-0.3, -0.25) is 9.59 Å². The summed E-state index contributed by atoms with van der Waals surface area (Å²) in [5, 5.41) is 6.11. The summed E-state index contributed by atoms with van der Waals surface area (Å²) >= 11 is 5.91. The Bertz CT molecular complexity index is 686. The Balaban J connectivity index is 2.09. The number of hydrogen-bond donors (Lipinski definition) is 2. The number of benzene rings is 2. The van der Waals surface area contributed by atoms with Crippen molar-refractivity contribution in [2.45, 2.75) is 19.9 Å². The fourth-order valence-electron chi connectivity index (χ4n) is 2.14. The van der Waals surface area contributed by atoms with E-state index in [1.807, 2.05) is 19.9 Å². The number of amides is 2. The molecule has 0 saturated carbocycles. The fourth-order valence-corrected chi connectivity index (χ4v) is 2.33. The summed E-state index contributed by atoms with van der Waals surface area (Å²) in [5.74, 6) is -0.598. The number of anilines is 1. The van der Waals surface area contributed by atoms with Crippen LogP contribution < -0.4 is 10.6 Å². The average molecular weight is 331 g/mol. The van der Waals surface area contributed by atoms with E-state index in [0.717, 1.165) is 0 Å². The Morgan fingerprint density at radius 1 is 1.00 bits per heavy atom. The van der Waals surface area contributed by atoms with Crippen LogP contribution in [0.5, 0.6) is 0 Å². The highest BCUT2D eigenvalue weighted by Crippen LogP contribution is 2.16. The highest BCUT2D eigenvalue weighted by atomic mass is 35.5. The monoisotopic (exact) mass is 330 g/mol. The molecule has 120 valence electrons. The molecule has 2 N–H and O–H groups in total. The summed E-state index contributed by atoms with van der Waals surface area (Å²) in [7, 11) is 0. The van der Waals surface area contributed by atoms with Gasteiger partial charge in [0.1, 0.15) is 6.04 Å². The lowest BCUT2D eigenvalue weighted by Gasteiger charge is -2.21. The molecule has 0 aliphatic heterocycles. The topological polar surface area (TPSA) is 58.2 Å². The van der Waals surface area contributed by atoms with Gasteiger partial charge in [-0.2, -0.15) is 0 Å². The van der Waals surface area contributed by atoms with E-state index in [4.69, 9.17) is 11.6 Å². The van der Waals surface area contributed by atoms with E-state index in [1.54, 1.807) is 48.5 Å². The second-order valence-electron chi connectivity index (χ2n) is 5.56. The summed E-state index contributed by atoms with van der Waals surface area (Å²) in [6, 6.07) is 15.1. The quantitative estimate of drug-likeness (QED) is 0.877. The maximum Gasteiger partial charge on any atom is 0.251 e. The first-order valence-corrected chi connectivity index (χ1v) is 7.77. The average Bonchev–Trinajstić information content (AvgIpc) is 2.52. The molecular weight excluding hydrogens is 312 g/mol. The van der Waals surface area contributed by atoms with Crippen LogP contribution in [-0.4, -0.2) is 17.9 Å². The zero-order valence-corrected chi connectivity index (χ0v) is 13.8. The van der Waals surface area contributed by atoms with Gasteiger partial charge in [-0.05, 0) is 36.2 Å². The van der Waals surface area contributed by atoms with Crippen molar-refractivity contribution in [3.8, 4) is 0 Å². The molecule has 0 bridgehead atoms. The van der Waals surface area contributed by atoms with Gasteiger partial charge >= 0.3 is 0 Å². The van der Waals surface area contributed by atoms with E-state index >= 15 is 0 Å². The van der Waals surface area contributed by atoms with Crippen molar-refractivity contribution < 1.29 is 9.59 Å². The van der Waals surface area contributed by atoms with Crippen molar-refractivity contribution in [3.63, 3.8) is 0 Å². The fraction of sp³-hybridized carbons (Fsp3) is 0.222. The predicted octanol–water partition coefficient (Wildman–Crippen LogP) is 3.73. The molecule has 2 rings (SSSR count). The van der Waals surface area contributed by atoms with Gasteiger partial charge in [0, 0.05) is 16.3 Å². The van der Waals surface area contributed by atoms with E-state index in [2.05, 4.69) is 10.6 Å². The number of nitrogens with one attached hydrogen (secondary N) is 2. The van der Waals surface area contributed by atoms with Crippen molar-refractivity contribution >= 4 is 29.1 Å². The molecule has 2 aromatic rings. The molecule has 0 fully saturated rings. The number of carbonyl (C=O) groups excluding carboxylic acids is 2. The van der Waals surface area contributed by atoms with Gasteiger partial charge in [0.2, 0.25) is 5.91 Å². The van der Waals surface area contributed by atoms with Crippen LogP contribution in [0.3, 0.4) is 0 Å². The molecule has 4 nitrogen and oxygen atoms in total. The summed E-state index contributed by atoms with van der Waals surface area (Å²) in [4.78, 5) is 24.7. The SMILES string of the molecule is CC(C)C(NC(=O)c1ccccc1)C(=O)Nc1cccc(Cl)c1. The number of hydrogen-bond acceptors (Lipinski definition) is 2. The molecule has 0 spiro atoms. The maximum atomic E-state index is 12.5. The lowest BCUT2D eigenvalue weighted by atomic mass is 10.0. The standard InChI is InChI=1S/C18H19ClN2O2/c1-12(2)16(21-17(22)13-7-4-3-5-8-13)18(23)20-15-10-6-9-14(19)11-15/h3-12,16H,1-2H3,(H,20,23)(H,21,22). The minimum absolute atomic E-state index is 0.0538. The number of rotatable bonds is 5. The third-order valence-electron chi connectivity index (χ3n) is 3.36. The van der Waals surface area contributed by atoms with Gasteiger partial charge in [-0.25, -0.2) is 0 Å². The first-order valence-electron chi connectivity index (χ1n) is 7.39. The van der Waals surface area contributed by atoms with Crippen molar-refractivity contribution in [3.05, 3.63) is 65.2 Å². The first-order chi connectivity index (χ1) is 11.0. The molecule has 2 aromatic carbocycles. The van der Waals surface area contributed by atoms with Gasteiger partial charge < -0.3 is 10.6 Å². The predicted molar refractivity (Wildman–Crippen MR) is 92.6 cm³/mol. The third-order valence-corrected chi connectivity index (χ3v) is 3.60. The van der Waals surface area contributed by atoms with Crippen molar-refractivity contribution in [2.24, 2.45) is 5.92 Å². The minimum atomic E-state index is -0.637. The second-order valence-corrected chi connectivity index (χ2v) is 6.00. The van der Waals surface area contributed by atoms with Crippen LogP contribution in [-0.2, 0) is 4.79 Å². The minimum Gasteiger partial charge on any atom is -0.340 e. The van der Waals surface area contributed by atoms with Crippen LogP contribution in [0.25, 0.3) is 0 Å². The van der Waals surface area contributed by atoms with E-state index < -0.39 is 6.04 Å². The van der Waals surface area contributed by atoms with E-state index in [9.17, 15) is 9.59 Å². The van der Waals surface area contributed by atoms with Crippen LogP contribution in [0.15, 0.2) is 54.6 Å².